The first kappa shape index (κ1) is 13.8. The number of hydrogen-bond acceptors (Lipinski definition) is 3. The number of hydrogen-bond donors (Lipinski definition) is 0. The first-order valence-electron chi connectivity index (χ1n) is 7.09. The van der Waals surface area contributed by atoms with Gasteiger partial charge < -0.3 is 9.64 Å². The van der Waals surface area contributed by atoms with E-state index < -0.39 is 0 Å². The number of carbonyl (C=O) groups is 1. The molecule has 0 aromatic carbocycles. The van der Waals surface area contributed by atoms with Crippen molar-refractivity contribution in [2.45, 2.75) is 38.1 Å². The smallest absolute Gasteiger partial charge is 0.222 e. The van der Waals surface area contributed by atoms with E-state index in [1.807, 2.05) is 4.90 Å². The highest BCUT2D eigenvalue weighted by atomic mass is 16.5. The number of likely N-dealkylation sites (N-methyl/N-ethyl adjacent to an activating group) is 1. The van der Waals surface area contributed by atoms with E-state index in [1.165, 1.54) is 12.8 Å². The Morgan fingerprint density at radius 1 is 1.44 bits per heavy atom. The second-order valence-electron chi connectivity index (χ2n) is 5.96. The summed E-state index contributed by atoms with van der Waals surface area (Å²) in [7, 11) is 3.98. The summed E-state index contributed by atoms with van der Waals surface area (Å²) in [4.78, 5) is 16.3. The zero-order chi connectivity index (χ0) is 13.2. The summed E-state index contributed by atoms with van der Waals surface area (Å²) in [6.07, 6.45) is 4.04. The molecular formula is C14H26N2O2. The van der Waals surface area contributed by atoms with Gasteiger partial charge in [-0.2, -0.15) is 0 Å². The molecule has 2 fully saturated rings. The van der Waals surface area contributed by atoms with E-state index in [1.54, 1.807) is 7.11 Å². The van der Waals surface area contributed by atoms with Crippen LogP contribution < -0.4 is 0 Å². The molecule has 0 saturated carbocycles. The number of ether oxygens (including phenoxy) is 1. The van der Waals surface area contributed by atoms with Crippen LogP contribution in [0, 0.1) is 5.92 Å². The van der Waals surface area contributed by atoms with Crippen LogP contribution in [0.15, 0.2) is 0 Å². The van der Waals surface area contributed by atoms with Crippen LogP contribution in [0.25, 0.3) is 0 Å². The monoisotopic (exact) mass is 254 g/mol. The summed E-state index contributed by atoms with van der Waals surface area (Å²) in [5.41, 5.74) is 0.241. The van der Waals surface area contributed by atoms with Crippen molar-refractivity contribution >= 4 is 5.91 Å². The standard InChI is InChI=1S/C14H26N2O2/c1-4-5-13(17)16-10-14(11-16)8-12(9-18-3)6-7-15(14)2/h12H,4-11H2,1-3H3. The fraction of sp³-hybridized carbons (Fsp3) is 0.929. The third-order valence-electron chi connectivity index (χ3n) is 4.54. The van der Waals surface area contributed by atoms with Gasteiger partial charge in [0.2, 0.25) is 5.91 Å². The van der Waals surface area contributed by atoms with E-state index >= 15 is 0 Å². The van der Waals surface area contributed by atoms with Gasteiger partial charge in [-0.25, -0.2) is 0 Å². The summed E-state index contributed by atoms with van der Waals surface area (Å²) in [6, 6.07) is 0. The third-order valence-corrected chi connectivity index (χ3v) is 4.54. The number of carbonyl (C=O) groups excluding carboxylic acids is 1. The summed E-state index contributed by atoms with van der Waals surface area (Å²) in [6.45, 7) is 5.89. The molecule has 4 nitrogen and oxygen atoms in total. The molecule has 0 N–H and O–H groups in total. The lowest BCUT2D eigenvalue weighted by Gasteiger charge is -2.58. The Labute approximate surface area is 110 Å². The molecule has 1 unspecified atom stereocenters. The van der Waals surface area contributed by atoms with Crippen molar-refractivity contribution in [1.29, 1.82) is 0 Å². The predicted molar refractivity (Wildman–Crippen MR) is 71.4 cm³/mol. The minimum Gasteiger partial charge on any atom is -0.384 e. The van der Waals surface area contributed by atoms with E-state index in [-0.39, 0.29) is 5.54 Å². The fourth-order valence-corrected chi connectivity index (χ4v) is 3.37. The molecule has 0 bridgehead atoms. The summed E-state index contributed by atoms with van der Waals surface area (Å²) in [5, 5.41) is 0. The van der Waals surface area contributed by atoms with Crippen LogP contribution in [-0.2, 0) is 9.53 Å². The zero-order valence-electron chi connectivity index (χ0n) is 11.9. The van der Waals surface area contributed by atoms with Gasteiger partial charge in [0.15, 0.2) is 0 Å². The maximum Gasteiger partial charge on any atom is 0.222 e. The van der Waals surface area contributed by atoms with Crippen molar-refractivity contribution < 1.29 is 9.53 Å². The van der Waals surface area contributed by atoms with Crippen molar-refractivity contribution in [3.05, 3.63) is 0 Å². The van der Waals surface area contributed by atoms with Crippen LogP contribution >= 0.6 is 0 Å². The van der Waals surface area contributed by atoms with Gasteiger partial charge in [-0.1, -0.05) is 6.92 Å². The van der Waals surface area contributed by atoms with Gasteiger partial charge in [0.05, 0.1) is 5.54 Å². The molecule has 0 radical (unpaired) electrons. The quantitative estimate of drug-likeness (QED) is 0.759. The summed E-state index contributed by atoms with van der Waals surface area (Å²) in [5.74, 6) is 0.986. The van der Waals surface area contributed by atoms with Crippen molar-refractivity contribution in [2.24, 2.45) is 5.92 Å². The highest BCUT2D eigenvalue weighted by Gasteiger charge is 2.50. The van der Waals surface area contributed by atoms with Gasteiger partial charge in [0, 0.05) is 33.2 Å². The van der Waals surface area contributed by atoms with Crippen LogP contribution in [0.1, 0.15) is 32.6 Å². The van der Waals surface area contributed by atoms with Crippen molar-refractivity contribution in [3.63, 3.8) is 0 Å². The zero-order valence-corrected chi connectivity index (χ0v) is 11.9. The molecule has 104 valence electrons. The van der Waals surface area contributed by atoms with Gasteiger partial charge in [0.25, 0.3) is 0 Å². The molecule has 0 aromatic rings. The molecule has 1 spiro atoms. The molecule has 0 aromatic heterocycles. The molecule has 1 amide bonds. The molecule has 2 aliphatic rings. The number of likely N-dealkylation sites (tertiary alicyclic amines) is 2. The molecule has 1 atom stereocenters. The average molecular weight is 254 g/mol. The largest absolute Gasteiger partial charge is 0.384 e. The number of rotatable bonds is 4. The number of amides is 1. The number of nitrogens with zero attached hydrogens (tertiary/aromatic N) is 2. The second kappa shape index (κ2) is 5.57. The Hall–Kier alpha value is -0.610. The Kier molecular flexibility index (Phi) is 4.28. The number of methoxy groups -OCH3 is 1. The maximum absolute atomic E-state index is 11.8. The lowest BCUT2D eigenvalue weighted by molar-refractivity contribution is -0.151. The van der Waals surface area contributed by atoms with Crippen molar-refractivity contribution in [2.75, 3.05) is 40.4 Å². The van der Waals surface area contributed by atoms with Crippen molar-refractivity contribution in [3.8, 4) is 0 Å². The van der Waals surface area contributed by atoms with Crippen molar-refractivity contribution in [1.82, 2.24) is 9.80 Å². The summed E-state index contributed by atoms with van der Waals surface area (Å²) >= 11 is 0. The highest BCUT2D eigenvalue weighted by molar-refractivity contribution is 5.77. The SMILES string of the molecule is CCCC(=O)N1CC2(CC(COC)CCN2C)C1. The van der Waals surface area contributed by atoms with Gasteiger partial charge in [0.1, 0.15) is 0 Å². The molecule has 2 saturated heterocycles. The molecule has 2 rings (SSSR count). The number of piperidine rings is 1. The van der Waals surface area contributed by atoms with Crippen LogP contribution in [0.3, 0.4) is 0 Å². The Bertz CT molecular complexity index is 300. The molecular weight excluding hydrogens is 228 g/mol. The lowest BCUT2D eigenvalue weighted by atomic mass is 9.75. The van der Waals surface area contributed by atoms with Crippen LogP contribution in [0.4, 0.5) is 0 Å². The molecule has 4 heteroatoms. The summed E-state index contributed by atoms with van der Waals surface area (Å²) < 4.78 is 5.29. The first-order valence-corrected chi connectivity index (χ1v) is 7.09. The Balaban J connectivity index is 1.90. The Morgan fingerprint density at radius 2 is 2.17 bits per heavy atom. The van der Waals surface area contributed by atoms with E-state index in [0.717, 1.165) is 32.7 Å². The van der Waals surface area contributed by atoms with Gasteiger partial charge in [-0.05, 0) is 38.8 Å². The van der Waals surface area contributed by atoms with Gasteiger partial charge in [-0.15, -0.1) is 0 Å². The lowest BCUT2D eigenvalue weighted by Crippen LogP contribution is -2.72. The van der Waals surface area contributed by atoms with Gasteiger partial charge in [-0.3, -0.25) is 9.69 Å². The fourth-order valence-electron chi connectivity index (χ4n) is 3.37. The van der Waals surface area contributed by atoms with Crippen LogP contribution in [0.5, 0.6) is 0 Å². The van der Waals surface area contributed by atoms with Crippen LogP contribution in [0.2, 0.25) is 0 Å². The first-order chi connectivity index (χ1) is 8.61. The normalized spacial score (nSPS) is 27.3. The minimum absolute atomic E-state index is 0.241. The topological polar surface area (TPSA) is 32.8 Å². The Morgan fingerprint density at radius 3 is 2.78 bits per heavy atom. The molecule has 2 aliphatic heterocycles. The minimum atomic E-state index is 0.241. The maximum atomic E-state index is 11.8. The molecule has 18 heavy (non-hydrogen) atoms. The van der Waals surface area contributed by atoms with E-state index in [2.05, 4.69) is 18.9 Å². The van der Waals surface area contributed by atoms with E-state index in [0.29, 0.717) is 18.2 Å². The molecule has 0 aliphatic carbocycles. The predicted octanol–water partition coefficient (Wildman–Crippen LogP) is 1.36. The molecule has 2 heterocycles. The highest BCUT2D eigenvalue weighted by Crippen LogP contribution is 2.38. The third kappa shape index (κ3) is 2.54. The second-order valence-corrected chi connectivity index (χ2v) is 5.96. The van der Waals surface area contributed by atoms with Crippen LogP contribution in [-0.4, -0.2) is 61.6 Å². The average Bonchev–Trinajstić information content (AvgIpc) is 2.29. The van der Waals surface area contributed by atoms with Gasteiger partial charge >= 0.3 is 0 Å². The van der Waals surface area contributed by atoms with E-state index in [4.69, 9.17) is 4.74 Å². The van der Waals surface area contributed by atoms with E-state index in [9.17, 15) is 4.79 Å².